The smallest absolute Gasteiger partial charge is 0.361 e. The van der Waals surface area contributed by atoms with Crippen molar-refractivity contribution in [1.82, 2.24) is 0 Å². The molecule has 0 bridgehead atoms. The molecule has 0 N–H and O–H groups in total. The van der Waals surface area contributed by atoms with Gasteiger partial charge in [0.05, 0.1) is 13.0 Å². The summed E-state index contributed by atoms with van der Waals surface area (Å²) in [4.78, 5) is 3.80. The van der Waals surface area contributed by atoms with Crippen LogP contribution in [0.4, 0.5) is 0 Å². The molecule has 5 heteroatoms. The van der Waals surface area contributed by atoms with Crippen LogP contribution < -0.4 is 4.74 Å². The van der Waals surface area contributed by atoms with Gasteiger partial charge >= 0.3 is 5.72 Å². The van der Waals surface area contributed by atoms with Crippen molar-refractivity contribution >= 4 is 24.2 Å². The maximum atomic E-state index is 7.56. The summed E-state index contributed by atoms with van der Waals surface area (Å²) in [5.74, 6) is 0.755. The van der Waals surface area contributed by atoms with Crippen LogP contribution in [0.3, 0.4) is 0 Å². The van der Waals surface area contributed by atoms with Crippen molar-refractivity contribution in [3.8, 4) is 5.75 Å². The van der Waals surface area contributed by atoms with Crippen molar-refractivity contribution in [1.29, 1.82) is 0 Å². The number of halogens is 1. The lowest BCUT2D eigenvalue weighted by Gasteiger charge is -2.33. The number of hydrogen-bond donors (Lipinski definition) is 0. The third-order valence-corrected chi connectivity index (χ3v) is 4.16. The van der Waals surface area contributed by atoms with Crippen LogP contribution in [0.1, 0.15) is 12.0 Å². The third-order valence-electron chi connectivity index (χ3n) is 2.72. The molecule has 1 aromatic carbocycles. The summed E-state index contributed by atoms with van der Waals surface area (Å²) in [6.45, 7) is 14.4. The number of hydrogen-bond acceptors (Lipinski definition) is 2. The lowest BCUT2D eigenvalue weighted by Crippen LogP contribution is -2.41. The maximum Gasteiger partial charge on any atom is 0.361 e. The molecule has 18 heavy (non-hydrogen) atoms. The minimum atomic E-state index is -1.80. The van der Waals surface area contributed by atoms with E-state index in [1.54, 1.807) is 0 Å². The lowest BCUT2D eigenvalue weighted by atomic mass is 9.97. The van der Waals surface area contributed by atoms with Gasteiger partial charge in [-0.05, 0) is 37.8 Å². The van der Waals surface area contributed by atoms with Crippen LogP contribution in [0.5, 0.6) is 5.75 Å². The van der Waals surface area contributed by atoms with E-state index in [1.165, 1.54) is 0 Å². The van der Waals surface area contributed by atoms with Gasteiger partial charge in [-0.15, -0.1) is 0 Å². The van der Waals surface area contributed by atoms with Crippen molar-refractivity contribution < 1.29 is 9.16 Å². The molecule has 96 valence electrons. The van der Waals surface area contributed by atoms with Gasteiger partial charge in [0.25, 0.3) is 0 Å². The molecule has 3 nitrogen and oxygen atoms in total. The minimum absolute atomic E-state index is 0.524. The predicted octanol–water partition coefficient (Wildman–Crippen LogP) is 4.16. The van der Waals surface area contributed by atoms with Crippen molar-refractivity contribution in [3.63, 3.8) is 0 Å². The third kappa shape index (κ3) is 2.61. The molecule has 0 amide bonds. The zero-order chi connectivity index (χ0) is 13.4. The molecule has 1 aliphatic rings. The van der Waals surface area contributed by atoms with E-state index in [1.807, 2.05) is 18.2 Å². The first-order valence-corrected chi connectivity index (χ1v) is 10.1. The van der Waals surface area contributed by atoms with E-state index >= 15 is 0 Å². The van der Waals surface area contributed by atoms with E-state index in [2.05, 4.69) is 40.4 Å². The van der Waals surface area contributed by atoms with Crippen LogP contribution in [0.2, 0.25) is 19.6 Å². The largest absolute Gasteiger partial charge is 0.492 e. The average Bonchev–Trinajstić information content (AvgIpc) is 2.26. The standard InChI is InChI=1S/C13H16BrNO2Si/c1-15-13(17-18(2,3)4)7-8-16-12-9-10(14)5-6-11(12)13/h5-6,9H,7-8H2,2-4H3. The fourth-order valence-electron chi connectivity index (χ4n) is 2.12. The van der Waals surface area contributed by atoms with E-state index in [0.29, 0.717) is 13.0 Å². The van der Waals surface area contributed by atoms with Gasteiger partial charge in [0.1, 0.15) is 11.3 Å². The van der Waals surface area contributed by atoms with E-state index in [-0.39, 0.29) is 0 Å². The molecule has 0 aliphatic carbocycles. The van der Waals surface area contributed by atoms with Gasteiger partial charge in [-0.3, -0.25) is 4.85 Å². The van der Waals surface area contributed by atoms with Crippen molar-refractivity contribution in [2.24, 2.45) is 0 Å². The Morgan fingerprint density at radius 1 is 1.44 bits per heavy atom. The number of ether oxygens (including phenoxy) is 1. The number of benzene rings is 1. The Bertz CT molecular complexity index is 507. The first kappa shape index (κ1) is 13.6. The molecular weight excluding hydrogens is 310 g/mol. The van der Waals surface area contributed by atoms with Crippen molar-refractivity contribution in [2.45, 2.75) is 31.8 Å². The Labute approximate surface area is 117 Å². The Morgan fingerprint density at radius 3 is 2.78 bits per heavy atom. The van der Waals surface area contributed by atoms with Gasteiger partial charge in [0.15, 0.2) is 8.32 Å². The topological polar surface area (TPSA) is 22.8 Å². The Hall–Kier alpha value is -0.833. The molecule has 0 saturated carbocycles. The summed E-state index contributed by atoms with van der Waals surface area (Å²) in [7, 11) is -1.80. The zero-order valence-electron chi connectivity index (χ0n) is 10.8. The molecule has 0 aromatic heterocycles. The molecule has 1 atom stereocenters. The van der Waals surface area contributed by atoms with Crippen LogP contribution in [0.15, 0.2) is 22.7 Å². The fourth-order valence-corrected chi connectivity index (χ4v) is 3.73. The predicted molar refractivity (Wildman–Crippen MR) is 77.0 cm³/mol. The van der Waals surface area contributed by atoms with Gasteiger partial charge in [-0.2, -0.15) is 0 Å². The van der Waals surface area contributed by atoms with Crippen LogP contribution in [0.25, 0.3) is 4.85 Å². The van der Waals surface area contributed by atoms with E-state index in [0.717, 1.165) is 15.8 Å². The van der Waals surface area contributed by atoms with Crippen LogP contribution >= 0.6 is 15.9 Å². The first-order chi connectivity index (χ1) is 8.36. The van der Waals surface area contributed by atoms with Crippen LogP contribution in [0, 0.1) is 6.57 Å². The molecule has 0 fully saturated rings. The van der Waals surface area contributed by atoms with Crippen LogP contribution in [-0.2, 0) is 10.2 Å². The zero-order valence-corrected chi connectivity index (χ0v) is 13.4. The van der Waals surface area contributed by atoms with Gasteiger partial charge in [-0.25, -0.2) is 6.57 Å². The van der Waals surface area contributed by atoms with E-state index < -0.39 is 14.0 Å². The quantitative estimate of drug-likeness (QED) is 0.602. The van der Waals surface area contributed by atoms with Crippen molar-refractivity contribution in [3.05, 3.63) is 39.7 Å². The number of nitrogens with zero attached hydrogens (tertiary/aromatic N) is 1. The monoisotopic (exact) mass is 325 g/mol. The summed E-state index contributed by atoms with van der Waals surface area (Å²) in [5.41, 5.74) is -0.00644. The normalized spacial score (nSPS) is 22.8. The molecule has 1 unspecified atom stereocenters. The fraction of sp³-hybridized carbons (Fsp3) is 0.462. The second-order valence-electron chi connectivity index (χ2n) is 5.35. The second-order valence-corrected chi connectivity index (χ2v) is 10.7. The van der Waals surface area contributed by atoms with E-state index in [9.17, 15) is 0 Å². The molecule has 0 spiro atoms. The van der Waals surface area contributed by atoms with Gasteiger partial charge in [-0.1, -0.05) is 15.9 Å². The Kier molecular flexibility index (Phi) is 3.54. The summed E-state index contributed by atoms with van der Waals surface area (Å²) >= 11 is 3.42. The summed E-state index contributed by atoms with van der Waals surface area (Å²) in [5, 5.41) is 0. The molecule has 1 heterocycles. The molecular formula is C13H16BrNO2Si. The van der Waals surface area contributed by atoms with Gasteiger partial charge in [0, 0.05) is 4.47 Å². The number of rotatable bonds is 2. The lowest BCUT2D eigenvalue weighted by molar-refractivity contribution is 0.0571. The average molecular weight is 326 g/mol. The second kappa shape index (κ2) is 4.69. The highest BCUT2D eigenvalue weighted by Crippen LogP contribution is 2.43. The molecule has 1 aromatic rings. The first-order valence-electron chi connectivity index (χ1n) is 5.88. The summed E-state index contributed by atoms with van der Waals surface area (Å²) in [6.07, 6.45) is 0.593. The number of fused-ring (bicyclic) bond motifs is 1. The Morgan fingerprint density at radius 2 is 2.17 bits per heavy atom. The Balaban J connectivity index is 2.50. The van der Waals surface area contributed by atoms with Gasteiger partial charge in [0.2, 0.25) is 0 Å². The molecule has 0 saturated heterocycles. The summed E-state index contributed by atoms with van der Waals surface area (Å²) in [6, 6.07) is 5.76. The highest BCUT2D eigenvalue weighted by molar-refractivity contribution is 9.10. The minimum Gasteiger partial charge on any atom is -0.492 e. The molecule has 1 aliphatic heterocycles. The maximum absolute atomic E-state index is 7.56. The summed E-state index contributed by atoms with van der Waals surface area (Å²) < 4.78 is 12.8. The SMILES string of the molecule is [C-]#[N+]C1(O[Si](C)(C)C)CCOc2cc(Br)ccc21. The van der Waals surface area contributed by atoms with Gasteiger partial charge < -0.3 is 9.16 Å². The molecule has 0 radical (unpaired) electrons. The molecule has 2 rings (SSSR count). The van der Waals surface area contributed by atoms with Crippen molar-refractivity contribution in [2.75, 3.05) is 6.61 Å². The van der Waals surface area contributed by atoms with E-state index in [4.69, 9.17) is 15.7 Å². The van der Waals surface area contributed by atoms with Crippen LogP contribution in [-0.4, -0.2) is 14.9 Å². The highest BCUT2D eigenvalue weighted by atomic mass is 79.9. The highest BCUT2D eigenvalue weighted by Gasteiger charge is 2.48.